The van der Waals surface area contributed by atoms with Crippen LogP contribution in [0.2, 0.25) is 0 Å². The van der Waals surface area contributed by atoms with Crippen molar-refractivity contribution in [1.82, 2.24) is 9.79 Å². The van der Waals surface area contributed by atoms with Gasteiger partial charge in [0.2, 0.25) is 10.0 Å². The molecule has 134 valence electrons. The second kappa shape index (κ2) is 7.96. The first-order valence-electron chi connectivity index (χ1n) is 8.13. The monoisotopic (exact) mass is 356 g/mol. The molecule has 8 heteroatoms. The number of rotatable bonds is 6. The van der Waals surface area contributed by atoms with Gasteiger partial charge in [-0.3, -0.25) is 10.0 Å². The van der Waals surface area contributed by atoms with Gasteiger partial charge in [0.15, 0.2) is 0 Å². The molecule has 0 fully saturated rings. The lowest BCUT2D eigenvalue weighted by Crippen LogP contribution is -2.32. The van der Waals surface area contributed by atoms with Crippen LogP contribution in [-0.4, -0.2) is 42.7 Å². The first-order chi connectivity index (χ1) is 11.4. The Hall–Kier alpha value is -1.64. The van der Waals surface area contributed by atoms with Crippen molar-refractivity contribution in [3.63, 3.8) is 0 Å². The molecular formula is C16H24N2O5S. The summed E-state index contributed by atoms with van der Waals surface area (Å²) in [7, 11) is -3.30. The minimum absolute atomic E-state index is 0.122. The average Bonchev–Trinajstić information content (AvgIpc) is 2.77. The van der Waals surface area contributed by atoms with E-state index >= 15 is 0 Å². The molecule has 0 bridgehead atoms. The highest BCUT2D eigenvalue weighted by Gasteiger charge is 2.27. The van der Waals surface area contributed by atoms with Gasteiger partial charge in [-0.15, -0.1) is 0 Å². The molecule has 0 aliphatic carbocycles. The lowest BCUT2D eigenvalue weighted by Gasteiger charge is -2.22. The molecule has 1 amide bonds. The third-order valence-electron chi connectivity index (χ3n) is 4.01. The summed E-state index contributed by atoms with van der Waals surface area (Å²) in [5.41, 5.74) is 3.60. The number of nitrogens with zero attached hydrogens (tertiary/aromatic N) is 1. The lowest BCUT2D eigenvalue weighted by molar-refractivity contribution is 0.0705. The Bertz CT molecular complexity index is 703. The van der Waals surface area contributed by atoms with Crippen LogP contribution in [0.4, 0.5) is 0 Å². The van der Waals surface area contributed by atoms with Gasteiger partial charge in [-0.05, 0) is 43.9 Å². The fourth-order valence-corrected chi connectivity index (χ4v) is 4.42. The number of amides is 1. The van der Waals surface area contributed by atoms with Crippen molar-refractivity contribution in [3.8, 4) is 5.75 Å². The molecule has 1 heterocycles. The number of aryl methyl sites for hydroxylation is 1. The van der Waals surface area contributed by atoms with Crippen molar-refractivity contribution in [1.29, 1.82) is 0 Å². The van der Waals surface area contributed by atoms with E-state index < -0.39 is 15.9 Å². The highest BCUT2D eigenvalue weighted by molar-refractivity contribution is 7.89. The van der Waals surface area contributed by atoms with E-state index in [2.05, 4.69) is 0 Å². The number of sulfonamides is 1. The van der Waals surface area contributed by atoms with E-state index in [9.17, 15) is 13.2 Å². The van der Waals surface area contributed by atoms with Gasteiger partial charge in [-0.25, -0.2) is 13.9 Å². The number of benzene rings is 1. The molecule has 7 nitrogen and oxygen atoms in total. The summed E-state index contributed by atoms with van der Waals surface area (Å²) in [5.74, 6) is 0.00256. The van der Waals surface area contributed by atoms with Gasteiger partial charge in [0.05, 0.1) is 12.4 Å². The molecule has 0 radical (unpaired) electrons. The maximum atomic E-state index is 12.4. The minimum atomic E-state index is -3.30. The van der Waals surface area contributed by atoms with E-state index in [1.165, 1.54) is 4.31 Å². The highest BCUT2D eigenvalue weighted by Crippen LogP contribution is 2.31. The molecule has 2 rings (SSSR count). The molecule has 0 unspecified atom stereocenters. The Morgan fingerprint density at radius 1 is 1.38 bits per heavy atom. The van der Waals surface area contributed by atoms with Gasteiger partial charge in [-0.2, -0.15) is 4.31 Å². The number of hydrogen-bond acceptors (Lipinski definition) is 5. The second-order valence-electron chi connectivity index (χ2n) is 5.74. The Labute approximate surface area is 142 Å². The van der Waals surface area contributed by atoms with E-state index in [1.54, 1.807) is 17.6 Å². The summed E-state index contributed by atoms with van der Waals surface area (Å²) in [6.45, 7) is 4.76. The second-order valence-corrected chi connectivity index (χ2v) is 7.83. The third kappa shape index (κ3) is 4.06. The molecule has 1 aromatic carbocycles. The van der Waals surface area contributed by atoms with Crippen molar-refractivity contribution in [3.05, 3.63) is 28.8 Å². The predicted octanol–water partition coefficient (Wildman–Crippen LogP) is 1.69. The van der Waals surface area contributed by atoms with Crippen molar-refractivity contribution in [2.75, 3.05) is 18.9 Å². The van der Waals surface area contributed by atoms with Gasteiger partial charge in [0.25, 0.3) is 5.91 Å². The van der Waals surface area contributed by atoms with E-state index in [4.69, 9.17) is 9.94 Å². The average molecular weight is 356 g/mol. The normalized spacial score (nSPS) is 15.5. The molecule has 0 saturated carbocycles. The zero-order valence-corrected chi connectivity index (χ0v) is 14.9. The van der Waals surface area contributed by atoms with Gasteiger partial charge < -0.3 is 4.74 Å². The number of fused-ring (bicyclic) bond motifs is 1. The molecule has 0 spiro atoms. The third-order valence-corrected chi connectivity index (χ3v) is 6.03. The number of hydroxylamine groups is 1. The van der Waals surface area contributed by atoms with E-state index in [0.29, 0.717) is 43.7 Å². The molecule has 1 aliphatic rings. The van der Waals surface area contributed by atoms with Crippen LogP contribution in [0.1, 0.15) is 48.2 Å². The number of carbonyl (C=O) groups is 1. The first-order valence-corrected chi connectivity index (χ1v) is 9.74. The summed E-state index contributed by atoms with van der Waals surface area (Å²) in [6.07, 6.45) is 1.89. The number of ether oxygens (including phenoxy) is 1. The largest absolute Gasteiger partial charge is 0.494 e. The molecule has 0 atom stereocenters. The summed E-state index contributed by atoms with van der Waals surface area (Å²) >= 11 is 0. The van der Waals surface area contributed by atoms with Crippen LogP contribution in [0, 0.1) is 0 Å². The Morgan fingerprint density at radius 3 is 2.75 bits per heavy atom. The van der Waals surface area contributed by atoms with Crippen LogP contribution in [0.25, 0.3) is 0 Å². The fourth-order valence-electron chi connectivity index (χ4n) is 2.91. The molecule has 0 saturated heterocycles. The SMILES string of the molecule is CCCS(=O)(=O)N1CCCc2cc(C(=O)NO)cc(OCC)c2C1. The summed E-state index contributed by atoms with van der Waals surface area (Å²) in [6, 6.07) is 3.24. The minimum Gasteiger partial charge on any atom is -0.494 e. The lowest BCUT2D eigenvalue weighted by atomic mass is 9.99. The van der Waals surface area contributed by atoms with Crippen LogP contribution in [0.3, 0.4) is 0 Å². The maximum absolute atomic E-state index is 12.4. The van der Waals surface area contributed by atoms with E-state index in [-0.39, 0.29) is 12.3 Å². The number of hydrogen-bond donors (Lipinski definition) is 2. The summed E-state index contributed by atoms with van der Waals surface area (Å²) in [5, 5.41) is 8.85. The summed E-state index contributed by atoms with van der Waals surface area (Å²) in [4.78, 5) is 11.7. The van der Waals surface area contributed by atoms with Crippen molar-refractivity contribution < 1.29 is 23.2 Å². The van der Waals surface area contributed by atoms with Gasteiger partial charge in [0.1, 0.15) is 5.75 Å². The Morgan fingerprint density at radius 2 is 2.12 bits per heavy atom. The Kier molecular flexibility index (Phi) is 6.20. The molecule has 1 aromatic rings. The van der Waals surface area contributed by atoms with E-state index in [1.807, 2.05) is 13.8 Å². The first kappa shape index (κ1) is 18.7. The quantitative estimate of drug-likeness (QED) is 0.597. The summed E-state index contributed by atoms with van der Waals surface area (Å²) < 4.78 is 32.0. The topological polar surface area (TPSA) is 95.9 Å². The molecule has 0 aromatic heterocycles. The Balaban J connectivity index is 2.45. The van der Waals surface area contributed by atoms with Crippen LogP contribution in [0.5, 0.6) is 5.75 Å². The van der Waals surface area contributed by atoms with Gasteiger partial charge >= 0.3 is 0 Å². The van der Waals surface area contributed by atoms with Crippen LogP contribution >= 0.6 is 0 Å². The standard InChI is InChI=1S/C16H24N2O5S/c1-3-8-24(21,22)18-7-5-6-12-9-13(16(19)17-20)10-15(23-4-2)14(12)11-18/h9-10,20H,3-8,11H2,1-2H3,(H,17,19). The number of carbonyl (C=O) groups excluding carboxylic acids is 1. The molecule has 24 heavy (non-hydrogen) atoms. The van der Waals surface area contributed by atoms with E-state index in [0.717, 1.165) is 11.1 Å². The molecular weight excluding hydrogens is 332 g/mol. The van der Waals surface area contributed by atoms with Crippen LogP contribution in [0.15, 0.2) is 12.1 Å². The van der Waals surface area contributed by atoms with Gasteiger partial charge in [0, 0.05) is 24.2 Å². The fraction of sp³-hybridized carbons (Fsp3) is 0.562. The zero-order chi connectivity index (χ0) is 17.7. The van der Waals surface area contributed by atoms with Crippen molar-refractivity contribution in [2.24, 2.45) is 0 Å². The zero-order valence-electron chi connectivity index (χ0n) is 14.0. The molecule has 1 aliphatic heterocycles. The smallest absolute Gasteiger partial charge is 0.274 e. The van der Waals surface area contributed by atoms with Gasteiger partial charge in [-0.1, -0.05) is 6.92 Å². The highest BCUT2D eigenvalue weighted by atomic mass is 32.2. The van der Waals surface area contributed by atoms with Crippen molar-refractivity contribution in [2.45, 2.75) is 39.7 Å². The maximum Gasteiger partial charge on any atom is 0.274 e. The van der Waals surface area contributed by atoms with Crippen molar-refractivity contribution >= 4 is 15.9 Å². The molecule has 2 N–H and O–H groups in total. The van der Waals surface area contributed by atoms with Crippen LogP contribution < -0.4 is 10.2 Å². The number of nitrogens with one attached hydrogen (secondary N) is 1. The predicted molar refractivity (Wildman–Crippen MR) is 89.7 cm³/mol. The van der Waals surface area contributed by atoms with Crippen LogP contribution in [-0.2, 0) is 23.0 Å².